The van der Waals surface area contributed by atoms with Crippen LogP contribution in [-0.4, -0.2) is 22.6 Å². The van der Waals surface area contributed by atoms with Crippen molar-refractivity contribution in [2.45, 2.75) is 45.4 Å². The maximum Gasteiger partial charge on any atom is 0.151 e. The van der Waals surface area contributed by atoms with Crippen molar-refractivity contribution in [3.8, 4) is 0 Å². The lowest BCUT2D eigenvalue weighted by Gasteiger charge is -2.19. The van der Waals surface area contributed by atoms with Crippen LogP contribution in [-0.2, 0) is 19.6 Å². The highest BCUT2D eigenvalue weighted by molar-refractivity contribution is 7.07. The molecular formula is C15H21N3OS. The molecule has 108 valence electrons. The molecule has 0 bridgehead atoms. The van der Waals surface area contributed by atoms with Crippen LogP contribution < -0.4 is 5.32 Å². The number of hydrogen-bond donors (Lipinski definition) is 1. The SMILES string of the molecule is CCNCc1cc(CN(Cc2ccsc2)C2CC2)on1. The molecular weight excluding hydrogens is 270 g/mol. The molecule has 0 unspecified atom stereocenters. The number of aromatic nitrogens is 1. The number of hydrogen-bond acceptors (Lipinski definition) is 5. The highest BCUT2D eigenvalue weighted by Gasteiger charge is 2.29. The highest BCUT2D eigenvalue weighted by atomic mass is 32.1. The second kappa shape index (κ2) is 6.52. The van der Waals surface area contributed by atoms with Gasteiger partial charge in [-0.15, -0.1) is 0 Å². The van der Waals surface area contributed by atoms with Crippen molar-refractivity contribution in [2.24, 2.45) is 0 Å². The average molecular weight is 291 g/mol. The van der Waals surface area contributed by atoms with Gasteiger partial charge in [0.2, 0.25) is 0 Å². The molecule has 0 aliphatic heterocycles. The minimum atomic E-state index is 0.720. The molecule has 4 nitrogen and oxygen atoms in total. The summed E-state index contributed by atoms with van der Waals surface area (Å²) in [5, 5.41) is 11.8. The predicted molar refractivity (Wildman–Crippen MR) is 80.5 cm³/mol. The lowest BCUT2D eigenvalue weighted by Crippen LogP contribution is -2.24. The van der Waals surface area contributed by atoms with Gasteiger partial charge >= 0.3 is 0 Å². The molecule has 20 heavy (non-hydrogen) atoms. The van der Waals surface area contributed by atoms with E-state index in [1.54, 1.807) is 11.3 Å². The fourth-order valence-corrected chi connectivity index (χ4v) is 3.00. The van der Waals surface area contributed by atoms with Gasteiger partial charge in [0, 0.05) is 25.2 Å². The molecule has 0 amide bonds. The Morgan fingerprint density at radius 1 is 1.45 bits per heavy atom. The lowest BCUT2D eigenvalue weighted by molar-refractivity contribution is 0.214. The number of nitrogens with one attached hydrogen (secondary N) is 1. The maximum atomic E-state index is 5.46. The van der Waals surface area contributed by atoms with Gasteiger partial charge in [-0.2, -0.15) is 11.3 Å². The molecule has 1 saturated carbocycles. The van der Waals surface area contributed by atoms with Crippen molar-refractivity contribution in [1.29, 1.82) is 0 Å². The summed E-state index contributed by atoms with van der Waals surface area (Å²) in [5.74, 6) is 0.972. The Labute approximate surface area is 123 Å². The van der Waals surface area contributed by atoms with E-state index in [0.29, 0.717) is 0 Å². The molecule has 3 rings (SSSR count). The van der Waals surface area contributed by atoms with Crippen LogP contribution in [0.3, 0.4) is 0 Å². The van der Waals surface area contributed by atoms with Crippen LogP contribution in [0.1, 0.15) is 36.8 Å². The first-order chi connectivity index (χ1) is 9.85. The van der Waals surface area contributed by atoms with Crippen molar-refractivity contribution in [3.05, 3.63) is 39.9 Å². The summed E-state index contributed by atoms with van der Waals surface area (Å²) < 4.78 is 5.46. The zero-order valence-corrected chi connectivity index (χ0v) is 12.7. The summed E-state index contributed by atoms with van der Waals surface area (Å²) in [6, 6.07) is 5.00. The molecule has 0 saturated heterocycles. The molecule has 1 fully saturated rings. The van der Waals surface area contributed by atoms with Crippen LogP contribution in [0, 0.1) is 0 Å². The zero-order valence-electron chi connectivity index (χ0n) is 11.8. The van der Waals surface area contributed by atoms with Gasteiger partial charge in [0.05, 0.1) is 12.2 Å². The highest BCUT2D eigenvalue weighted by Crippen LogP contribution is 2.30. The predicted octanol–water partition coefficient (Wildman–Crippen LogP) is 3.01. The summed E-state index contributed by atoms with van der Waals surface area (Å²) in [5.41, 5.74) is 2.39. The van der Waals surface area contributed by atoms with Crippen molar-refractivity contribution in [3.63, 3.8) is 0 Å². The summed E-state index contributed by atoms with van der Waals surface area (Å²) >= 11 is 1.76. The van der Waals surface area contributed by atoms with Crippen LogP contribution in [0.4, 0.5) is 0 Å². The van der Waals surface area contributed by atoms with Crippen LogP contribution in [0.15, 0.2) is 27.4 Å². The van der Waals surface area contributed by atoms with E-state index in [0.717, 1.165) is 43.7 Å². The molecule has 1 aliphatic carbocycles. The van der Waals surface area contributed by atoms with E-state index >= 15 is 0 Å². The molecule has 2 heterocycles. The topological polar surface area (TPSA) is 41.3 Å². The Kier molecular flexibility index (Phi) is 4.50. The molecule has 0 aromatic carbocycles. The monoisotopic (exact) mass is 291 g/mol. The Hall–Kier alpha value is -1.17. The van der Waals surface area contributed by atoms with Gasteiger partial charge in [0.25, 0.3) is 0 Å². The third-order valence-electron chi connectivity index (χ3n) is 3.55. The normalized spacial score (nSPS) is 15.1. The number of rotatable bonds is 8. The van der Waals surface area contributed by atoms with Gasteiger partial charge in [-0.25, -0.2) is 0 Å². The van der Waals surface area contributed by atoms with Crippen LogP contribution in [0.2, 0.25) is 0 Å². The first-order valence-corrected chi connectivity index (χ1v) is 8.19. The smallest absolute Gasteiger partial charge is 0.151 e. The second-order valence-corrected chi connectivity index (χ2v) is 6.11. The third-order valence-corrected chi connectivity index (χ3v) is 4.28. The molecule has 1 N–H and O–H groups in total. The average Bonchev–Trinajstić information content (AvgIpc) is 3.00. The minimum absolute atomic E-state index is 0.720. The zero-order chi connectivity index (χ0) is 13.8. The number of thiophene rings is 1. The Balaban J connectivity index is 1.59. The fraction of sp³-hybridized carbons (Fsp3) is 0.533. The summed E-state index contributed by atoms with van der Waals surface area (Å²) in [6.07, 6.45) is 2.62. The molecule has 0 radical (unpaired) electrons. The van der Waals surface area contributed by atoms with Gasteiger partial charge in [-0.1, -0.05) is 12.1 Å². The summed E-state index contributed by atoms with van der Waals surface area (Å²) in [6.45, 7) is 5.70. The largest absolute Gasteiger partial charge is 0.360 e. The molecule has 2 aromatic heterocycles. The van der Waals surface area contributed by atoms with E-state index in [2.05, 4.69) is 45.2 Å². The second-order valence-electron chi connectivity index (χ2n) is 5.33. The van der Waals surface area contributed by atoms with Crippen molar-refractivity contribution < 1.29 is 4.52 Å². The summed E-state index contributed by atoms with van der Waals surface area (Å²) in [4.78, 5) is 2.50. The van der Waals surface area contributed by atoms with Gasteiger partial charge in [-0.05, 0) is 41.8 Å². The molecule has 5 heteroatoms. The standard InChI is InChI=1S/C15H21N3OS/c1-2-16-8-13-7-15(19-17-13)10-18(14-3-4-14)9-12-5-6-20-11-12/h5-7,11,14,16H,2-4,8-10H2,1H3. The molecule has 2 aromatic rings. The number of nitrogens with zero attached hydrogens (tertiary/aromatic N) is 2. The van der Waals surface area contributed by atoms with Gasteiger partial charge in [0.1, 0.15) is 0 Å². The van der Waals surface area contributed by atoms with E-state index in [1.165, 1.54) is 18.4 Å². The van der Waals surface area contributed by atoms with Gasteiger partial charge in [0.15, 0.2) is 5.76 Å². The van der Waals surface area contributed by atoms with E-state index in [4.69, 9.17) is 4.52 Å². The van der Waals surface area contributed by atoms with Crippen LogP contribution in [0.5, 0.6) is 0 Å². The Morgan fingerprint density at radius 3 is 3.05 bits per heavy atom. The fourth-order valence-electron chi connectivity index (χ4n) is 2.34. The first kappa shape index (κ1) is 13.8. The van der Waals surface area contributed by atoms with E-state index in [-0.39, 0.29) is 0 Å². The van der Waals surface area contributed by atoms with Crippen molar-refractivity contribution in [1.82, 2.24) is 15.4 Å². The quantitative estimate of drug-likeness (QED) is 0.812. The maximum absolute atomic E-state index is 5.46. The molecule has 1 aliphatic rings. The third kappa shape index (κ3) is 3.69. The molecule has 0 spiro atoms. The van der Waals surface area contributed by atoms with Gasteiger partial charge < -0.3 is 9.84 Å². The van der Waals surface area contributed by atoms with Crippen molar-refractivity contribution in [2.75, 3.05) is 6.54 Å². The summed E-state index contributed by atoms with van der Waals surface area (Å²) in [7, 11) is 0. The first-order valence-electron chi connectivity index (χ1n) is 7.25. The van der Waals surface area contributed by atoms with E-state index in [9.17, 15) is 0 Å². The van der Waals surface area contributed by atoms with Gasteiger partial charge in [-0.3, -0.25) is 4.90 Å². The van der Waals surface area contributed by atoms with Crippen molar-refractivity contribution >= 4 is 11.3 Å². The lowest BCUT2D eigenvalue weighted by atomic mass is 10.2. The van der Waals surface area contributed by atoms with Crippen LogP contribution in [0.25, 0.3) is 0 Å². The Morgan fingerprint density at radius 2 is 2.35 bits per heavy atom. The Bertz CT molecular complexity index is 519. The molecule has 0 atom stereocenters. The minimum Gasteiger partial charge on any atom is -0.360 e. The van der Waals surface area contributed by atoms with E-state index in [1.807, 2.05) is 0 Å². The van der Waals surface area contributed by atoms with E-state index < -0.39 is 0 Å². The van der Waals surface area contributed by atoms with Crippen LogP contribution >= 0.6 is 11.3 Å².